The number of piperidine rings is 1. The number of amides is 1. The van der Waals surface area contributed by atoms with Crippen molar-refractivity contribution in [1.29, 1.82) is 0 Å². The van der Waals surface area contributed by atoms with Crippen molar-refractivity contribution in [2.75, 3.05) is 13.2 Å². The highest BCUT2D eigenvalue weighted by molar-refractivity contribution is 5.92. The summed E-state index contributed by atoms with van der Waals surface area (Å²) >= 11 is 0. The Morgan fingerprint density at radius 1 is 1.71 bits per heavy atom. The Morgan fingerprint density at radius 3 is 3.18 bits per heavy atom. The van der Waals surface area contributed by atoms with Gasteiger partial charge in [0.1, 0.15) is 5.67 Å². The largest absolute Gasteiger partial charge is 0.450 e. The zero-order valence-corrected chi connectivity index (χ0v) is 9.82. The average Bonchev–Trinajstić information content (AvgIpc) is 2.29. The van der Waals surface area contributed by atoms with Gasteiger partial charge in [-0.3, -0.25) is 4.79 Å². The molecule has 2 unspecified atom stereocenters. The van der Waals surface area contributed by atoms with Gasteiger partial charge in [0.2, 0.25) is 0 Å². The molecule has 2 atom stereocenters. The molecule has 0 bridgehead atoms. The summed E-state index contributed by atoms with van der Waals surface area (Å²) < 4.78 is 19.4. The van der Waals surface area contributed by atoms with Gasteiger partial charge in [-0.15, -0.1) is 0 Å². The predicted octanol–water partition coefficient (Wildman–Crippen LogP) is 1.84. The molecule has 0 spiro atoms. The standard InChI is InChI=1S/C12H16FNO3/c1-2-17-11(16)14-7-3-5-12(13)6-4-9(15)8-10(12)14/h4,6,10H,2-3,5,7-8H2,1H3. The van der Waals surface area contributed by atoms with E-state index in [1.54, 1.807) is 6.92 Å². The maximum atomic E-state index is 14.6. The summed E-state index contributed by atoms with van der Waals surface area (Å²) in [6.07, 6.45) is 3.05. The number of rotatable bonds is 1. The number of ether oxygens (including phenoxy) is 1. The second-order valence-corrected chi connectivity index (χ2v) is 4.44. The fourth-order valence-electron chi connectivity index (χ4n) is 2.49. The van der Waals surface area contributed by atoms with E-state index in [0.717, 1.165) is 0 Å². The fourth-order valence-corrected chi connectivity index (χ4v) is 2.49. The molecule has 0 saturated carbocycles. The number of carbonyl (C=O) groups is 2. The van der Waals surface area contributed by atoms with Gasteiger partial charge in [-0.25, -0.2) is 9.18 Å². The highest BCUT2D eigenvalue weighted by atomic mass is 19.1. The van der Waals surface area contributed by atoms with Crippen LogP contribution in [0, 0.1) is 0 Å². The molecule has 1 aliphatic heterocycles. The van der Waals surface area contributed by atoms with E-state index in [1.807, 2.05) is 0 Å². The zero-order valence-electron chi connectivity index (χ0n) is 9.82. The SMILES string of the molecule is CCOC(=O)N1CCCC2(F)C=CC(=O)CC12. The Balaban J connectivity index is 2.21. The van der Waals surface area contributed by atoms with Crippen LogP contribution in [0.5, 0.6) is 0 Å². The molecular weight excluding hydrogens is 225 g/mol. The smallest absolute Gasteiger partial charge is 0.410 e. The molecule has 94 valence electrons. The first kappa shape index (κ1) is 12.1. The number of nitrogens with zero attached hydrogens (tertiary/aromatic N) is 1. The Labute approximate surface area is 99.4 Å². The minimum Gasteiger partial charge on any atom is -0.450 e. The van der Waals surface area contributed by atoms with E-state index in [1.165, 1.54) is 17.1 Å². The van der Waals surface area contributed by atoms with Crippen LogP contribution in [0.2, 0.25) is 0 Å². The number of halogens is 1. The number of alkyl halides is 1. The van der Waals surface area contributed by atoms with Crippen LogP contribution in [0.25, 0.3) is 0 Å². The topological polar surface area (TPSA) is 46.6 Å². The monoisotopic (exact) mass is 241 g/mol. The lowest BCUT2D eigenvalue weighted by Gasteiger charge is -2.44. The first-order valence-electron chi connectivity index (χ1n) is 5.91. The van der Waals surface area contributed by atoms with E-state index in [9.17, 15) is 14.0 Å². The minimum atomic E-state index is -1.57. The van der Waals surface area contributed by atoms with Crippen LogP contribution in [-0.4, -0.2) is 41.6 Å². The zero-order chi connectivity index (χ0) is 12.5. The Hall–Kier alpha value is -1.39. The molecule has 1 heterocycles. The van der Waals surface area contributed by atoms with Crippen molar-refractivity contribution < 1.29 is 18.7 Å². The van der Waals surface area contributed by atoms with Gasteiger partial charge in [0.05, 0.1) is 12.6 Å². The number of ketones is 1. The van der Waals surface area contributed by atoms with Crippen molar-refractivity contribution in [2.45, 2.75) is 37.9 Å². The van der Waals surface area contributed by atoms with E-state index in [-0.39, 0.29) is 18.8 Å². The molecule has 1 saturated heterocycles. The van der Waals surface area contributed by atoms with Crippen molar-refractivity contribution in [3.05, 3.63) is 12.2 Å². The molecule has 0 aromatic heterocycles. The maximum Gasteiger partial charge on any atom is 0.410 e. The molecule has 0 aromatic rings. The number of fused-ring (bicyclic) bond motifs is 1. The van der Waals surface area contributed by atoms with Gasteiger partial charge in [0, 0.05) is 13.0 Å². The highest BCUT2D eigenvalue weighted by Crippen LogP contribution is 2.37. The molecule has 1 fully saturated rings. The molecule has 0 radical (unpaired) electrons. The van der Waals surface area contributed by atoms with Crippen molar-refractivity contribution in [2.24, 2.45) is 0 Å². The predicted molar refractivity (Wildman–Crippen MR) is 59.4 cm³/mol. The summed E-state index contributed by atoms with van der Waals surface area (Å²) in [7, 11) is 0. The van der Waals surface area contributed by atoms with Crippen LogP contribution >= 0.6 is 0 Å². The number of carbonyl (C=O) groups excluding carboxylic acids is 2. The number of allylic oxidation sites excluding steroid dienone is 1. The van der Waals surface area contributed by atoms with Crippen LogP contribution in [0.1, 0.15) is 26.2 Å². The first-order valence-corrected chi connectivity index (χ1v) is 5.91. The lowest BCUT2D eigenvalue weighted by atomic mass is 9.80. The minimum absolute atomic E-state index is 0.0474. The summed E-state index contributed by atoms with van der Waals surface area (Å²) in [5, 5.41) is 0. The van der Waals surface area contributed by atoms with Gasteiger partial charge in [-0.1, -0.05) is 0 Å². The van der Waals surface area contributed by atoms with Crippen LogP contribution in [0.3, 0.4) is 0 Å². The quantitative estimate of drug-likeness (QED) is 0.703. The van der Waals surface area contributed by atoms with Gasteiger partial charge >= 0.3 is 6.09 Å². The third-order valence-corrected chi connectivity index (χ3v) is 3.33. The highest BCUT2D eigenvalue weighted by Gasteiger charge is 2.48. The summed E-state index contributed by atoms with van der Waals surface area (Å²) in [5.41, 5.74) is -1.57. The fraction of sp³-hybridized carbons (Fsp3) is 0.667. The van der Waals surface area contributed by atoms with Crippen LogP contribution < -0.4 is 0 Å². The lowest BCUT2D eigenvalue weighted by molar-refractivity contribution is -0.118. The van der Waals surface area contributed by atoms with Gasteiger partial charge in [0.25, 0.3) is 0 Å². The van der Waals surface area contributed by atoms with E-state index >= 15 is 0 Å². The van der Waals surface area contributed by atoms with Crippen LogP contribution in [0.15, 0.2) is 12.2 Å². The number of hydrogen-bond acceptors (Lipinski definition) is 3. The van der Waals surface area contributed by atoms with Gasteiger partial charge in [0.15, 0.2) is 5.78 Å². The van der Waals surface area contributed by atoms with Crippen molar-refractivity contribution in [3.63, 3.8) is 0 Å². The first-order chi connectivity index (χ1) is 8.07. The molecular formula is C12H16FNO3. The van der Waals surface area contributed by atoms with Crippen LogP contribution in [0.4, 0.5) is 9.18 Å². The average molecular weight is 241 g/mol. The van der Waals surface area contributed by atoms with Crippen LogP contribution in [-0.2, 0) is 9.53 Å². The lowest BCUT2D eigenvalue weighted by Crippen LogP contribution is -2.57. The normalized spacial score (nSPS) is 32.2. The molecule has 2 aliphatic rings. The van der Waals surface area contributed by atoms with Crippen molar-refractivity contribution in [1.82, 2.24) is 4.90 Å². The summed E-state index contributed by atoms with van der Waals surface area (Å²) in [5.74, 6) is -0.139. The van der Waals surface area contributed by atoms with Gasteiger partial charge in [-0.2, -0.15) is 0 Å². The molecule has 0 N–H and O–H groups in total. The second kappa shape index (κ2) is 4.47. The molecule has 17 heavy (non-hydrogen) atoms. The molecule has 4 nitrogen and oxygen atoms in total. The van der Waals surface area contributed by atoms with Gasteiger partial charge < -0.3 is 9.64 Å². The summed E-state index contributed by atoms with van der Waals surface area (Å²) in [6.45, 7) is 2.41. The molecule has 0 aromatic carbocycles. The summed E-state index contributed by atoms with van der Waals surface area (Å²) in [4.78, 5) is 24.4. The molecule has 1 amide bonds. The molecule has 1 aliphatic carbocycles. The van der Waals surface area contributed by atoms with Crippen molar-refractivity contribution in [3.8, 4) is 0 Å². The van der Waals surface area contributed by atoms with E-state index in [0.29, 0.717) is 19.4 Å². The third kappa shape index (κ3) is 2.18. The molecule has 2 rings (SSSR count). The van der Waals surface area contributed by atoms with E-state index in [4.69, 9.17) is 4.74 Å². The van der Waals surface area contributed by atoms with E-state index in [2.05, 4.69) is 0 Å². The number of likely N-dealkylation sites (tertiary alicyclic amines) is 1. The third-order valence-electron chi connectivity index (χ3n) is 3.33. The van der Waals surface area contributed by atoms with Crippen molar-refractivity contribution >= 4 is 11.9 Å². The molecule has 5 heteroatoms. The Kier molecular flexibility index (Phi) is 3.17. The number of hydrogen-bond donors (Lipinski definition) is 0. The van der Waals surface area contributed by atoms with Gasteiger partial charge in [-0.05, 0) is 31.9 Å². The van der Waals surface area contributed by atoms with E-state index < -0.39 is 17.8 Å². The Bertz CT molecular complexity index is 369. The second-order valence-electron chi connectivity index (χ2n) is 4.44. The maximum absolute atomic E-state index is 14.6. The summed E-state index contributed by atoms with van der Waals surface area (Å²) in [6, 6.07) is -0.701. The Morgan fingerprint density at radius 2 is 2.47 bits per heavy atom.